The first kappa shape index (κ1) is 12.4. The van der Waals surface area contributed by atoms with E-state index in [2.05, 4.69) is 27.3 Å². The SMILES string of the molecule is C[S+]([O-])c1ccc(Br)cc1C1CCNCC1. The van der Waals surface area contributed by atoms with Crippen molar-refractivity contribution in [1.82, 2.24) is 5.32 Å². The van der Waals surface area contributed by atoms with Crippen molar-refractivity contribution in [2.75, 3.05) is 19.3 Å². The van der Waals surface area contributed by atoms with Crippen LogP contribution in [0.25, 0.3) is 0 Å². The van der Waals surface area contributed by atoms with Crippen LogP contribution < -0.4 is 5.32 Å². The molecule has 1 N–H and O–H groups in total. The molecule has 1 heterocycles. The highest BCUT2D eigenvalue weighted by Gasteiger charge is 2.22. The van der Waals surface area contributed by atoms with Crippen molar-refractivity contribution < 1.29 is 4.55 Å². The van der Waals surface area contributed by atoms with Crippen molar-refractivity contribution in [2.45, 2.75) is 23.7 Å². The van der Waals surface area contributed by atoms with Crippen molar-refractivity contribution in [3.05, 3.63) is 28.2 Å². The third kappa shape index (κ3) is 2.80. The van der Waals surface area contributed by atoms with Crippen LogP contribution in [0.1, 0.15) is 24.3 Å². The molecule has 1 aliphatic rings. The monoisotopic (exact) mass is 301 g/mol. The Morgan fingerprint density at radius 2 is 2.06 bits per heavy atom. The van der Waals surface area contributed by atoms with E-state index in [0.717, 1.165) is 35.3 Å². The quantitative estimate of drug-likeness (QED) is 0.852. The average Bonchev–Trinajstić information content (AvgIpc) is 2.29. The normalized spacial score (nSPS) is 19.7. The van der Waals surface area contributed by atoms with Crippen LogP contribution in [-0.4, -0.2) is 23.9 Å². The van der Waals surface area contributed by atoms with Crippen molar-refractivity contribution in [1.29, 1.82) is 0 Å². The minimum atomic E-state index is -0.892. The van der Waals surface area contributed by atoms with Crippen LogP contribution in [0.2, 0.25) is 0 Å². The molecule has 0 amide bonds. The second-order valence-corrected chi connectivity index (χ2v) is 6.42. The predicted octanol–water partition coefficient (Wildman–Crippen LogP) is 2.65. The molecular formula is C12H16BrNOS. The summed E-state index contributed by atoms with van der Waals surface area (Å²) >= 11 is 2.61. The molecule has 1 fully saturated rings. The van der Waals surface area contributed by atoms with Gasteiger partial charge in [0.25, 0.3) is 0 Å². The molecule has 1 saturated heterocycles. The molecule has 0 spiro atoms. The van der Waals surface area contributed by atoms with Crippen LogP contribution >= 0.6 is 15.9 Å². The van der Waals surface area contributed by atoms with Crippen LogP contribution in [-0.2, 0) is 11.2 Å². The van der Waals surface area contributed by atoms with E-state index in [4.69, 9.17) is 0 Å². The van der Waals surface area contributed by atoms with Gasteiger partial charge in [0.2, 0.25) is 0 Å². The Morgan fingerprint density at radius 1 is 1.38 bits per heavy atom. The molecule has 1 atom stereocenters. The fourth-order valence-corrected chi connectivity index (χ4v) is 3.43. The highest BCUT2D eigenvalue weighted by Crippen LogP contribution is 2.32. The molecule has 2 rings (SSSR count). The molecule has 1 aromatic rings. The lowest BCUT2D eigenvalue weighted by molar-refractivity contribution is 0.455. The number of hydrogen-bond acceptors (Lipinski definition) is 2. The summed E-state index contributed by atoms with van der Waals surface area (Å²) in [5, 5.41) is 3.36. The number of nitrogens with one attached hydrogen (secondary N) is 1. The van der Waals surface area contributed by atoms with Gasteiger partial charge >= 0.3 is 0 Å². The van der Waals surface area contributed by atoms with E-state index in [1.807, 2.05) is 12.1 Å². The summed E-state index contributed by atoms with van der Waals surface area (Å²) in [5.74, 6) is 0.553. The van der Waals surface area contributed by atoms with Gasteiger partial charge < -0.3 is 9.87 Å². The summed E-state index contributed by atoms with van der Waals surface area (Å²) in [7, 11) is 0. The largest absolute Gasteiger partial charge is 0.612 e. The van der Waals surface area contributed by atoms with Gasteiger partial charge in [-0.3, -0.25) is 0 Å². The number of benzene rings is 1. The molecule has 0 bridgehead atoms. The third-order valence-corrected chi connectivity index (χ3v) is 4.54. The van der Waals surface area contributed by atoms with Gasteiger partial charge in [0.1, 0.15) is 6.26 Å². The summed E-state index contributed by atoms with van der Waals surface area (Å²) in [5.41, 5.74) is 1.26. The number of rotatable bonds is 2. The van der Waals surface area contributed by atoms with E-state index >= 15 is 0 Å². The fraction of sp³-hybridized carbons (Fsp3) is 0.500. The zero-order valence-corrected chi connectivity index (χ0v) is 11.7. The minimum Gasteiger partial charge on any atom is -0.612 e. The molecule has 0 radical (unpaired) electrons. The summed E-state index contributed by atoms with van der Waals surface area (Å²) in [6, 6.07) is 6.09. The minimum absolute atomic E-state index is 0.553. The van der Waals surface area contributed by atoms with Crippen molar-refractivity contribution in [3.8, 4) is 0 Å². The smallest absolute Gasteiger partial charge is 0.155 e. The van der Waals surface area contributed by atoms with E-state index in [-0.39, 0.29) is 0 Å². The molecule has 2 nitrogen and oxygen atoms in total. The van der Waals surface area contributed by atoms with Gasteiger partial charge in [-0.15, -0.1) is 0 Å². The second-order valence-electron chi connectivity index (χ2n) is 4.16. The third-order valence-electron chi connectivity index (χ3n) is 3.06. The fourth-order valence-electron chi connectivity index (χ4n) is 2.23. The van der Waals surface area contributed by atoms with E-state index in [1.165, 1.54) is 5.56 Å². The van der Waals surface area contributed by atoms with Gasteiger partial charge in [-0.1, -0.05) is 15.9 Å². The van der Waals surface area contributed by atoms with Crippen LogP contribution in [0.15, 0.2) is 27.6 Å². The maximum Gasteiger partial charge on any atom is 0.155 e. The zero-order valence-electron chi connectivity index (χ0n) is 9.33. The molecule has 0 aromatic heterocycles. The van der Waals surface area contributed by atoms with Crippen LogP contribution in [0.3, 0.4) is 0 Å². The van der Waals surface area contributed by atoms with E-state index < -0.39 is 11.2 Å². The standard InChI is InChI=1S/C12H16BrNOS/c1-16(15)12-3-2-10(13)8-11(12)9-4-6-14-7-5-9/h2-3,8-9,14H,4-7H2,1H3. The zero-order chi connectivity index (χ0) is 11.5. The molecule has 0 aliphatic carbocycles. The van der Waals surface area contributed by atoms with Crippen molar-refractivity contribution >= 4 is 27.1 Å². The van der Waals surface area contributed by atoms with Crippen LogP contribution in [0, 0.1) is 0 Å². The first-order valence-corrected chi connectivity index (χ1v) is 7.87. The summed E-state index contributed by atoms with van der Waals surface area (Å²) < 4.78 is 12.8. The molecular weight excluding hydrogens is 286 g/mol. The Kier molecular flexibility index (Phi) is 4.30. The van der Waals surface area contributed by atoms with Gasteiger partial charge in [0.15, 0.2) is 4.90 Å². The Balaban J connectivity index is 2.32. The van der Waals surface area contributed by atoms with Gasteiger partial charge in [-0.05, 0) is 61.2 Å². The predicted molar refractivity (Wildman–Crippen MR) is 71.3 cm³/mol. The topological polar surface area (TPSA) is 35.1 Å². The Hall–Kier alpha value is -0.0300. The number of hydrogen-bond donors (Lipinski definition) is 1. The van der Waals surface area contributed by atoms with E-state index in [0.29, 0.717) is 5.92 Å². The maximum atomic E-state index is 11.7. The van der Waals surface area contributed by atoms with Crippen LogP contribution in [0.5, 0.6) is 0 Å². The lowest BCUT2D eigenvalue weighted by Crippen LogP contribution is -2.27. The first-order valence-electron chi connectivity index (χ1n) is 5.52. The number of halogens is 1. The van der Waals surface area contributed by atoms with Crippen LogP contribution in [0.4, 0.5) is 0 Å². The number of piperidine rings is 1. The molecule has 0 saturated carbocycles. The molecule has 1 aromatic carbocycles. The Bertz CT molecular complexity index is 364. The van der Waals surface area contributed by atoms with Crippen molar-refractivity contribution in [3.63, 3.8) is 0 Å². The summed E-state index contributed by atoms with van der Waals surface area (Å²) in [6.45, 7) is 2.12. The van der Waals surface area contributed by atoms with Crippen molar-refractivity contribution in [2.24, 2.45) is 0 Å². The molecule has 1 unspecified atom stereocenters. The highest BCUT2D eigenvalue weighted by atomic mass is 79.9. The molecule has 4 heteroatoms. The molecule has 1 aliphatic heterocycles. The average molecular weight is 302 g/mol. The Labute approximate surface area is 108 Å². The maximum absolute atomic E-state index is 11.7. The molecule has 88 valence electrons. The van der Waals surface area contributed by atoms with Gasteiger partial charge in [0.05, 0.1) is 0 Å². The summed E-state index contributed by atoms with van der Waals surface area (Å²) in [4.78, 5) is 0.995. The Morgan fingerprint density at radius 3 is 2.69 bits per heavy atom. The van der Waals surface area contributed by atoms with E-state index in [1.54, 1.807) is 6.26 Å². The lowest BCUT2D eigenvalue weighted by atomic mass is 9.90. The lowest BCUT2D eigenvalue weighted by Gasteiger charge is -2.24. The van der Waals surface area contributed by atoms with Gasteiger partial charge in [-0.2, -0.15) is 0 Å². The van der Waals surface area contributed by atoms with Gasteiger partial charge in [-0.25, -0.2) is 0 Å². The highest BCUT2D eigenvalue weighted by molar-refractivity contribution is 9.10. The molecule has 16 heavy (non-hydrogen) atoms. The second kappa shape index (κ2) is 5.54. The first-order chi connectivity index (χ1) is 7.68. The van der Waals surface area contributed by atoms with E-state index in [9.17, 15) is 4.55 Å². The van der Waals surface area contributed by atoms with Gasteiger partial charge in [0, 0.05) is 10.0 Å². The summed E-state index contributed by atoms with van der Waals surface area (Å²) in [6.07, 6.45) is 4.04.